The molecule has 6 heteroatoms. The Hall–Kier alpha value is -2.63. The quantitative estimate of drug-likeness (QED) is 0.461. The Morgan fingerprint density at radius 2 is 1.81 bits per heavy atom. The van der Waals surface area contributed by atoms with E-state index in [0.717, 1.165) is 21.0 Å². The van der Waals surface area contributed by atoms with Gasteiger partial charge in [0.2, 0.25) is 5.91 Å². The first-order chi connectivity index (χ1) is 13.0. The van der Waals surface area contributed by atoms with Crippen molar-refractivity contribution < 1.29 is 9.90 Å². The van der Waals surface area contributed by atoms with Crippen LogP contribution in [0.2, 0.25) is 5.02 Å². The third-order valence-electron chi connectivity index (χ3n) is 3.80. The summed E-state index contributed by atoms with van der Waals surface area (Å²) in [7, 11) is 0. The summed E-state index contributed by atoms with van der Waals surface area (Å²) < 4.78 is 0. The van der Waals surface area contributed by atoms with Crippen LogP contribution in [-0.4, -0.2) is 11.0 Å². The Bertz CT molecular complexity index is 945. The van der Waals surface area contributed by atoms with Gasteiger partial charge in [-0.25, -0.2) is 0 Å². The number of benzene rings is 3. The van der Waals surface area contributed by atoms with E-state index in [1.165, 1.54) is 6.92 Å². The molecule has 0 atom stereocenters. The molecule has 4 nitrogen and oxygen atoms in total. The maximum absolute atomic E-state index is 11.1. The molecule has 0 bridgehead atoms. The zero-order valence-electron chi connectivity index (χ0n) is 14.7. The summed E-state index contributed by atoms with van der Waals surface area (Å²) in [4.78, 5) is 13.3. The largest absolute Gasteiger partial charge is 0.506 e. The third kappa shape index (κ3) is 5.42. The van der Waals surface area contributed by atoms with E-state index in [1.807, 2.05) is 42.5 Å². The van der Waals surface area contributed by atoms with E-state index in [0.29, 0.717) is 17.3 Å². The van der Waals surface area contributed by atoms with E-state index < -0.39 is 0 Å². The minimum atomic E-state index is -0.0870. The van der Waals surface area contributed by atoms with Crippen LogP contribution in [0.15, 0.2) is 76.5 Å². The molecule has 0 aliphatic rings. The summed E-state index contributed by atoms with van der Waals surface area (Å²) in [6, 6.07) is 20.7. The van der Waals surface area contributed by atoms with Gasteiger partial charge in [-0.2, -0.15) is 0 Å². The first kappa shape index (κ1) is 19.1. The normalized spacial score (nSPS) is 10.4. The number of aromatic hydroxyl groups is 1. The lowest BCUT2D eigenvalue weighted by Crippen LogP contribution is -2.05. The molecule has 0 unspecified atom stereocenters. The van der Waals surface area contributed by atoms with Gasteiger partial charge >= 0.3 is 0 Å². The number of rotatable bonds is 6. The summed E-state index contributed by atoms with van der Waals surface area (Å²) in [5.41, 5.74) is 2.48. The molecule has 3 rings (SSSR count). The molecule has 3 N–H and O–H groups in total. The number of carbonyl (C=O) groups excluding carboxylic acids is 1. The third-order valence-corrected chi connectivity index (χ3v) is 5.16. The highest BCUT2D eigenvalue weighted by atomic mass is 35.5. The lowest BCUT2D eigenvalue weighted by molar-refractivity contribution is -0.114. The highest BCUT2D eigenvalue weighted by molar-refractivity contribution is 7.99. The number of hydrogen-bond donors (Lipinski definition) is 3. The number of nitrogens with one attached hydrogen (secondary N) is 2. The Morgan fingerprint density at radius 3 is 2.56 bits per heavy atom. The molecule has 0 aliphatic carbocycles. The molecule has 3 aromatic carbocycles. The predicted molar refractivity (Wildman–Crippen MR) is 112 cm³/mol. The van der Waals surface area contributed by atoms with Gasteiger partial charge in [-0.1, -0.05) is 41.6 Å². The second-order valence-electron chi connectivity index (χ2n) is 5.93. The molecular weight excluding hydrogens is 380 g/mol. The Balaban J connectivity index is 1.72. The average Bonchev–Trinajstić information content (AvgIpc) is 2.65. The highest BCUT2D eigenvalue weighted by Gasteiger charge is 2.07. The van der Waals surface area contributed by atoms with Gasteiger partial charge in [-0.15, -0.1) is 0 Å². The Kier molecular flexibility index (Phi) is 6.27. The van der Waals surface area contributed by atoms with Crippen LogP contribution in [-0.2, 0) is 11.3 Å². The maximum Gasteiger partial charge on any atom is 0.221 e. The molecule has 0 saturated carbocycles. The topological polar surface area (TPSA) is 61.4 Å². The van der Waals surface area contributed by atoms with E-state index in [1.54, 1.807) is 30.0 Å². The molecule has 1 amide bonds. The summed E-state index contributed by atoms with van der Waals surface area (Å²) in [6.45, 7) is 2.05. The van der Waals surface area contributed by atoms with Crippen molar-refractivity contribution in [1.82, 2.24) is 0 Å². The van der Waals surface area contributed by atoms with E-state index in [-0.39, 0.29) is 11.7 Å². The number of carbonyl (C=O) groups is 1. The van der Waals surface area contributed by atoms with Crippen LogP contribution in [0.25, 0.3) is 0 Å². The van der Waals surface area contributed by atoms with Crippen LogP contribution in [0, 0.1) is 0 Å². The molecule has 0 saturated heterocycles. The fraction of sp³-hybridized carbons (Fsp3) is 0.0952. The number of hydrogen-bond acceptors (Lipinski definition) is 4. The highest BCUT2D eigenvalue weighted by Crippen LogP contribution is 2.32. The first-order valence-corrected chi connectivity index (χ1v) is 9.56. The van der Waals surface area contributed by atoms with Crippen molar-refractivity contribution in [3.63, 3.8) is 0 Å². The smallest absolute Gasteiger partial charge is 0.221 e. The fourth-order valence-electron chi connectivity index (χ4n) is 2.53. The molecule has 27 heavy (non-hydrogen) atoms. The molecule has 0 aromatic heterocycles. The van der Waals surface area contributed by atoms with Crippen LogP contribution in [0.4, 0.5) is 11.4 Å². The van der Waals surface area contributed by atoms with Crippen molar-refractivity contribution in [3.8, 4) is 5.75 Å². The van der Waals surface area contributed by atoms with Crippen molar-refractivity contribution >= 4 is 40.6 Å². The average molecular weight is 399 g/mol. The van der Waals surface area contributed by atoms with Crippen molar-refractivity contribution in [3.05, 3.63) is 77.3 Å². The van der Waals surface area contributed by atoms with Crippen LogP contribution >= 0.6 is 23.4 Å². The second kappa shape index (κ2) is 8.84. The zero-order chi connectivity index (χ0) is 19.2. The van der Waals surface area contributed by atoms with Gasteiger partial charge in [0.25, 0.3) is 0 Å². The zero-order valence-corrected chi connectivity index (χ0v) is 16.3. The molecule has 0 radical (unpaired) electrons. The SMILES string of the molecule is CC(=O)Nc1ccc(Sc2ccccc2CNc2cc(Cl)ccc2O)cc1. The van der Waals surface area contributed by atoms with Gasteiger partial charge in [0.1, 0.15) is 5.75 Å². The van der Waals surface area contributed by atoms with Crippen molar-refractivity contribution in [2.45, 2.75) is 23.3 Å². The van der Waals surface area contributed by atoms with Gasteiger partial charge in [-0.3, -0.25) is 4.79 Å². The predicted octanol–water partition coefficient (Wildman–Crippen LogP) is 5.77. The van der Waals surface area contributed by atoms with Crippen LogP contribution in [0.5, 0.6) is 5.75 Å². The summed E-state index contributed by atoms with van der Waals surface area (Å²) in [5.74, 6) is 0.0779. The number of phenolic OH excluding ortho intramolecular Hbond substituents is 1. The minimum Gasteiger partial charge on any atom is -0.506 e. The molecule has 0 spiro atoms. The summed E-state index contributed by atoms with van der Waals surface area (Å²) >= 11 is 7.64. The van der Waals surface area contributed by atoms with Crippen LogP contribution in [0.3, 0.4) is 0 Å². The molecule has 3 aromatic rings. The Labute approximate surface area is 167 Å². The summed E-state index contributed by atoms with van der Waals surface area (Å²) in [5, 5.41) is 16.5. The van der Waals surface area contributed by atoms with Gasteiger partial charge in [-0.05, 0) is 54.1 Å². The lowest BCUT2D eigenvalue weighted by atomic mass is 10.2. The van der Waals surface area contributed by atoms with Crippen molar-refractivity contribution in [2.75, 3.05) is 10.6 Å². The van der Waals surface area contributed by atoms with Gasteiger partial charge in [0.15, 0.2) is 0 Å². The Morgan fingerprint density at radius 1 is 1.07 bits per heavy atom. The van der Waals surface area contributed by atoms with E-state index in [9.17, 15) is 9.90 Å². The molecule has 138 valence electrons. The first-order valence-electron chi connectivity index (χ1n) is 8.37. The van der Waals surface area contributed by atoms with Gasteiger partial charge < -0.3 is 15.7 Å². The van der Waals surface area contributed by atoms with Crippen LogP contribution < -0.4 is 10.6 Å². The number of halogens is 1. The van der Waals surface area contributed by atoms with Crippen LogP contribution in [0.1, 0.15) is 12.5 Å². The fourth-order valence-corrected chi connectivity index (χ4v) is 3.64. The van der Waals surface area contributed by atoms with E-state index >= 15 is 0 Å². The standard InChI is InChI=1S/C21H19ClN2O2S/c1-14(25)24-17-7-9-18(10-8-17)27-21-5-3-2-4-15(21)13-23-19-12-16(22)6-11-20(19)26/h2-12,23,26H,13H2,1H3,(H,24,25). The van der Waals surface area contributed by atoms with Crippen molar-refractivity contribution in [1.29, 1.82) is 0 Å². The molecule has 0 fully saturated rings. The number of amides is 1. The second-order valence-corrected chi connectivity index (χ2v) is 7.48. The molecule has 0 heterocycles. The van der Waals surface area contributed by atoms with E-state index in [4.69, 9.17) is 11.6 Å². The van der Waals surface area contributed by atoms with Crippen molar-refractivity contribution in [2.24, 2.45) is 0 Å². The minimum absolute atomic E-state index is 0.0870. The molecular formula is C21H19ClN2O2S. The number of anilines is 2. The summed E-state index contributed by atoms with van der Waals surface area (Å²) in [6.07, 6.45) is 0. The van der Waals surface area contributed by atoms with E-state index in [2.05, 4.69) is 16.7 Å². The number of phenols is 1. The lowest BCUT2D eigenvalue weighted by Gasteiger charge is -2.13. The monoisotopic (exact) mass is 398 g/mol. The molecule has 0 aliphatic heterocycles. The van der Waals surface area contributed by atoms with Gasteiger partial charge in [0, 0.05) is 34.0 Å². The maximum atomic E-state index is 11.1. The van der Waals surface area contributed by atoms with Gasteiger partial charge in [0.05, 0.1) is 5.69 Å².